The molecule has 0 aliphatic heterocycles. The van der Waals surface area contributed by atoms with Crippen molar-refractivity contribution < 1.29 is 9.72 Å². The van der Waals surface area contributed by atoms with E-state index in [-0.39, 0.29) is 28.2 Å². The van der Waals surface area contributed by atoms with Gasteiger partial charge < -0.3 is 5.32 Å². The van der Waals surface area contributed by atoms with Gasteiger partial charge in [-0.05, 0) is 12.5 Å². The lowest BCUT2D eigenvalue weighted by molar-refractivity contribution is -0.384. The number of carbonyl (C=O) groups excluding carboxylic acids is 1. The van der Waals surface area contributed by atoms with Gasteiger partial charge in [0.15, 0.2) is 0 Å². The van der Waals surface area contributed by atoms with Gasteiger partial charge in [0, 0.05) is 18.1 Å². The van der Waals surface area contributed by atoms with Crippen LogP contribution in [0.2, 0.25) is 5.02 Å². The molecular weight excluding hydrogens is 244 g/mol. The second-order valence-electron chi connectivity index (χ2n) is 3.72. The summed E-state index contributed by atoms with van der Waals surface area (Å²) < 4.78 is 0. The Hall–Kier alpha value is -1.62. The Kier molecular flexibility index (Phi) is 4.45. The van der Waals surface area contributed by atoms with E-state index in [1.54, 1.807) is 6.92 Å². The third-order valence-electron chi connectivity index (χ3n) is 2.48. The number of amides is 1. The molecule has 0 bridgehead atoms. The van der Waals surface area contributed by atoms with Crippen molar-refractivity contribution in [3.63, 3.8) is 0 Å². The van der Waals surface area contributed by atoms with E-state index in [4.69, 9.17) is 11.6 Å². The Balaban J connectivity index is 2.94. The van der Waals surface area contributed by atoms with Crippen molar-refractivity contribution in [2.75, 3.05) is 5.32 Å². The van der Waals surface area contributed by atoms with E-state index < -0.39 is 4.92 Å². The van der Waals surface area contributed by atoms with Gasteiger partial charge in [0.2, 0.25) is 5.91 Å². The highest BCUT2D eigenvalue weighted by atomic mass is 35.5. The summed E-state index contributed by atoms with van der Waals surface area (Å²) in [6.07, 6.45) is 0.693. The van der Waals surface area contributed by atoms with Crippen LogP contribution < -0.4 is 5.32 Å². The number of hydrogen-bond donors (Lipinski definition) is 1. The Bertz CT molecular complexity index is 448. The van der Waals surface area contributed by atoms with E-state index in [0.29, 0.717) is 6.42 Å². The predicted molar refractivity (Wildman–Crippen MR) is 66.2 cm³/mol. The van der Waals surface area contributed by atoms with Gasteiger partial charge in [-0.3, -0.25) is 14.9 Å². The molecule has 5 nitrogen and oxygen atoms in total. The first-order valence-corrected chi connectivity index (χ1v) is 5.58. The molecule has 1 amide bonds. The summed E-state index contributed by atoms with van der Waals surface area (Å²) in [5, 5.41) is 13.5. The monoisotopic (exact) mass is 256 g/mol. The third kappa shape index (κ3) is 3.42. The summed E-state index contributed by atoms with van der Waals surface area (Å²) >= 11 is 5.86. The molecule has 6 heteroatoms. The lowest BCUT2D eigenvalue weighted by Crippen LogP contribution is -2.19. The van der Waals surface area contributed by atoms with Crippen LogP contribution >= 0.6 is 11.6 Å². The van der Waals surface area contributed by atoms with Crippen LogP contribution in [0.15, 0.2) is 18.2 Å². The summed E-state index contributed by atoms with van der Waals surface area (Å²) in [5.74, 6) is -0.361. The summed E-state index contributed by atoms with van der Waals surface area (Å²) in [5.41, 5.74) is 0.167. The smallest absolute Gasteiger partial charge is 0.271 e. The lowest BCUT2D eigenvalue weighted by atomic mass is 10.1. The molecule has 1 atom stereocenters. The van der Waals surface area contributed by atoms with Crippen LogP contribution in [-0.2, 0) is 4.79 Å². The molecule has 0 aliphatic rings. The van der Waals surface area contributed by atoms with Gasteiger partial charge >= 0.3 is 0 Å². The average Bonchev–Trinajstić information content (AvgIpc) is 2.30. The number of nitrogens with one attached hydrogen (secondary N) is 1. The minimum absolute atomic E-state index is 0.103. The molecule has 0 aliphatic carbocycles. The van der Waals surface area contributed by atoms with Gasteiger partial charge in [0.05, 0.1) is 15.6 Å². The number of non-ortho nitro benzene ring substituents is 1. The van der Waals surface area contributed by atoms with Gasteiger partial charge in [-0.15, -0.1) is 0 Å². The van der Waals surface area contributed by atoms with Gasteiger partial charge in [-0.25, -0.2) is 0 Å². The number of rotatable bonds is 4. The molecule has 0 unspecified atom stereocenters. The Morgan fingerprint density at radius 2 is 2.24 bits per heavy atom. The summed E-state index contributed by atoms with van der Waals surface area (Å²) in [6, 6.07) is 3.94. The second kappa shape index (κ2) is 5.63. The number of carbonyl (C=O) groups is 1. The molecular formula is C11H13ClN2O3. The molecule has 0 saturated carbocycles. The summed E-state index contributed by atoms with van der Waals surface area (Å²) in [7, 11) is 0. The topological polar surface area (TPSA) is 72.2 Å². The van der Waals surface area contributed by atoms with Gasteiger partial charge in [-0.2, -0.15) is 0 Å². The second-order valence-corrected chi connectivity index (χ2v) is 4.13. The van der Waals surface area contributed by atoms with Crippen molar-refractivity contribution in [3.8, 4) is 0 Å². The predicted octanol–water partition coefficient (Wildman–Crippen LogP) is 3.23. The molecule has 1 aromatic carbocycles. The number of hydrogen-bond acceptors (Lipinski definition) is 3. The van der Waals surface area contributed by atoms with Crippen molar-refractivity contribution >= 4 is 28.9 Å². The summed E-state index contributed by atoms with van der Waals surface area (Å²) in [4.78, 5) is 21.7. The zero-order valence-corrected chi connectivity index (χ0v) is 10.3. The van der Waals surface area contributed by atoms with Crippen LogP contribution in [-0.4, -0.2) is 10.8 Å². The van der Waals surface area contributed by atoms with Crippen LogP contribution in [0.1, 0.15) is 20.3 Å². The first-order chi connectivity index (χ1) is 7.95. The van der Waals surface area contributed by atoms with E-state index in [0.717, 1.165) is 0 Å². The maximum atomic E-state index is 11.6. The van der Waals surface area contributed by atoms with Gasteiger partial charge in [0.1, 0.15) is 0 Å². The van der Waals surface area contributed by atoms with Crippen molar-refractivity contribution in [3.05, 3.63) is 33.3 Å². The normalized spacial score (nSPS) is 11.9. The molecule has 92 valence electrons. The number of anilines is 1. The standard InChI is InChI=1S/C11H13ClN2O3/c1-3-7(2)11(15)13-10-6-8(14(16)17)4-5-9(10)12/h4-7H,3H2,1-2H3,(H,13,15)/t7-/m1/s1. The van der Waals surface area contributed by atoms with E-state index in [9.17, 15) is 14.9 Å². The first kappa shape index (κ1) is 13.4. The molecule has 0 radical (unpaired) electrons. The van der Waals surface area contributed by atoms with Crippen LogP contribution in [0.3, 0.4) is 0 Å². The van der Waals surface area contributed by atoms with Crippen molar-refractivity contribution in [2.24, 2.45) is 5.92 Å². The maximum absolute atomic E-state index is 11.6. The maximum Gasteiger partial charge on any atom is 0.271 e. The van der Waals surface area contributed by atoms with Crippen LogP contribution in [0.5, 0.6) is 0 Å². The Morgan fingerprint density at radius 1 is 1.59 bits per heavy atom. The zero-order chi connectivity index (χ0) is 13.0. The zero-order valence-electron chi connectivity index (χ0n) is 9.57. The fourth-order valence-electron chi connectivity index (χ4n) is 1.16. The minimum Gasteiger partial charge on any atom is -0.324 e. The number of nitrogens with zero attached hydrogens (tertiary/aromatic N) is 1. The Morgan fingerprint density at radius 3 is 2.76 bits per heavy atom. The number of nitro groups is 1. The fraction of sp³-hybridized carbons (Fsp3) is 0.364. The van der Waals surface area contributed by atoms with Crippen molar-refractivity contribution in [1.82, 2.24) is 0 Å². The van der Waals surface area contributed by atoms with E-state index in [1.165, 1.54) is 18.2 Å². The third-order valence-corrected chi connectivity index (χ3v) is 2.81. The molecule has 0 saturated heterocycles. The number of halogens is 1. The summed E-state index contributed by atoms with van der Waals surface area (Å²) in [6.45, 7) is 3.67. The van der Waals surface area contributed by atoms with Crippen LogP contribution in [0, 0.1) is 16.0 Å². The quantitative estimate of drug-likeness (QED) is 0.664. The average molecular weight is 257 g/mol. The SMILES string of the molecule is CC[C@@H](C)C(=O)Nc1cc([N+](=O)[O-])ccc1Cl. The molecule has 1 aromatic rings. The molecule has 1 N–H and O–H groups in total. The molecule has 0 spiro atoms. The molecule has 0 fully saturated rings. The highest BCUT2D eigenvalue weighted by molar-refractivity contribution is 6.33. The molecule has 1 rings (SSSR count). The van der Waals surface area contributed by atoms with E-state index in [2.05, 4.69) is 5.32 Å². The largest absolute Gasteiger partial charge is 0.324 e. The molecule has 0 aromatic heterocycles. The van der Waals surface area contributed by atoms with Crippen LogP contribution in [0.25, 0.3) is 0 Å². The van der Waals surface area contributed by atoms with Gasteiger partial charge in [0.25, 0.3) is 5.69 Å². The van der Waals surface area contributed by atoms with Gasteiger partial charge in [-0.1, -0.05) is 25.4 Å². The lowest BCUT2D eigenvalue weighted by Gasteiger charge is -2.10. The molecule has 17 heavy (non-hydrogen) atoms. The highest BCUT2D eigenvalue weighted by Gasteiger charge is 2.15. The van der Waals surface area contributed by atoms with E-state index >= 15 is 0 Å². The first-order valence-electron chi connectivity index (χ1n) is 5.20. The van der Waals surface area contributed by atoms with Crippen LogP contribution in [0.4, 0.5) is 11.4 Å². The van der Waals surface area contributed by atoms with Crippen molar-refractivity contribution in [2.45, 2.75) is 20.3 Å². The van der Waals surface area contributed by atoms with E-state index in [1.807, 2.05) is 6.92 Å². The van der Waals surface area contributed by atoms with Crippen molar-refractivity contribution in [1.29, 1.82) is 0 Å². The highest BCUT2D eigenvalue weighted by Crippen LogP contribution is 2.27. The molecule has 0 heterocycles. The Labute approximate surface area is 104 Å². The number of benzene rings is 1. The fourth-order valence-corrected chi connectivity index (χ4v) is 1.33. The number of nitro benzene ring substituents is 1. The minimum atomic E-state index is -0.533.